The van der Waals surface area contributed by atoms with Gasteiger partial charge in [-0.2, -0.15) is 0 Å². The van der Waals surface area contributed by atoms with Crippen LogP contribution in [-0.4, -0.2) is 61.3 Å². The number of carbonyl (C=O) groups is 1. The molecule has 1 unspecified atom stereocenters. The summed E-state index contributed by atoms with van der Waals surface area (Å²) in [6.45, 7) is 8.83. The second-order valence-electron chi connectivity index (χ2n) is 6.67. The number of hydrogen-bond donors (Lipinski definition) is 2. The molecule has 1 aliphatic heterocycles. The van der Waals surface area contributed by atoms with E-state index in [0.29, 0.717) is 6.54 Å². The lowest BCUT2D eigenvalue weighted by atomic mass is 10.0. The number of piperazine rings is 1. The SMILES string of the molecule is CC(C)C(O)CC(=O)NCCN1CCN(c2ccc(F)cc2)CC1. The summed E-state index contributed by atoms with van der Waals surface area (Å²) in [5, 5.41) is 12.6. The monoisotopic (exact) mass is 337 g/mol. The maximum absolute atomic E-state index is 13.0. The number of hydrogen-bond acceptors (Lipinski definition) is 4. The van der Waals surface area contributed by atoms with Crippen LogP contribution in [0.25, 0.3) is 0 Å². The smallest absolute Gasteiger partial charge is 0.222 e. The molecule has 1 aliphatic rings. The number of aliphatic hydroxyl groups is 1. The van der Waals surface area contributed by atoms with Crippen LogP contribution >= 0.6 is 0 Å². The molecule has 0 spiro atoms. The highest BCUT2D eigenvalue weighted by molar-refractivity contribution is 5.76. The number of benzene rings is 1. The van der Waals surface area contributed by atoms with Gasteiger partial charge < -0.3 is 15.3 Å². The molecule has 1 aromatic carbocycles. The molecule has 134 valence electrons. The maximum Gasteiger partial charge on any atom is 0.222 e. The minimum absolute atomic E-state index is 0.0929. The Morgan fingerprint density at radius 3 is 2.42 bits per heavy atom. The van der Waals surface area contributed by atoms with Crippen molar-refractivity contribution in [2.45, 2.75) is 26.4 Å². The number of halogens is 1. The van der Waals surface area contributed by atoms with E-state index in [1.165, 1.54) is 12.1 Å². The van der Waals surface area contributed by atoms with E-state index in [1.807, 2.05) is 26.0 Å². The van der Waals surface area contributed by atoms with Crippen LogP contribution in [0.15, 0.2) is 24.3 Å². The fourth-order valence-electron chi connectivity index (χ4n) is 2.73. The van der Waals surface area contributed by atoms with Crippen LogP contribution in [0.1, 0.15) is 20.3 Å². The van der Waals surface area contributed by atoms with Gasteiger partial charge in [0.15, 0.2) is 0 Å². The van der Waals surface area contributed by atoms with Crippen LogP contribution in [0, 0.1) is 11.7 Å². The summed E-state index contributed by atoms with van der Waals surface area (Å²) in [5.41, 5.74) is 1.05. The van der Waals surface area contributed by atoms with E-state index >= 15 is 0 Å². The Morgan fingerprint density at radius 1 is 1.21 bits per heavy atom. The van der Waals surface area contributed by atoms with Crippen molar-refractivity contribution >= 4 is 11.6 Å². The van der Waals surface area contributed by atoms with Crippen LogP contribution in [0.2, 0.25) is 0 Å². The Labute approximate surface area is 143 Å². The van der Waals surface area contributed by atoms with Gasteiger partial charge in [0, 0.05) is 45.0 Å². The second-order valence-corrected chi connectivity index (χ2v) is 6.67. The van der Waals surface area contributed by atoms with Gasteiger partial charge in [-0.05, 0) is 30.2 Å². The summed E-state index contributed by atoms with van der Waals surface area (Å²) < 4.78 is 13.0. The molecule has 1 saturated heterocycles. The molecule has 24 heavy (non-hydrogen) atoms. The van der Waals surface area contributed by atoms with Gasteiger partial charge in [-0.1, -0.05) is 13.8 Å². The van der Waals surface area contributed by atoms with Crippen molar-refractivity contribution in [3.05, 3.63) is 30.1 Å². The third-order valence-corrected chi connectivity index (χ3v) is 4.48. The van der Waals surface area contributed by atoms with E-state index in [9.17, 15) is 14.3 Å². The van der Waals surface area contributed by atoms with Gasteiger partial charge >= 0.3 is 0 Å². The molecular formula is C18H28FN3O2. The van der Waals surface area contributed by atoms with Crippen LogP contribution in [0.4, 0.5) is 10.1 Å². The van der Waals surface area contributed by atoms with E-state index in [-0.39, 0.29) is 24.1 Å². The normalized spacial score (nSPS) is 17.1. The molecule has 5 nitrogen and oxygen atoms in total. The molecule has 1 amide bonds. The third kappa shape index (κ3) is 5.76. The third-order valence-electron chi connectivity index (χ3n) is 4.48. The van der Waals surface area contributed by atoms with Gasteiger partial charge in [0.2, 0.25) is 5.91 Å². The first kappa shape index (κ1) is 18.7. The molecule has 1 aromatic rings. The van der Waals surface area contributed by atoms with Crippen LogP contribution < -0.4 is 10.2 Å². The number of carbonyl (C=O) groups excluding carboxylic acids is 1. The molecule has 2 N–H and O–H groups in total. The summed E-state index contributed by atoms with van der Waals surface area (Å²) in [5.74, 6) is -0.216. The summed E-state index contributed by atoms with van der Waals surface area (Å²) >= 11 is 0. The average Bonchev–Trinajstić information content (AvgIpc) is 2.56. The van der Waals surface area contributed by atoms with Gasteiger partial charge in [0.05, 0.1) is 12.5 Å². The Hall–Kier alpha value is -1.66. The van der Waals surface area contributed by atoms with Gasteiger partial charge in [0.1, 0.15) is 5.82 Å². The predicted octanol–water partition coefficient (Wildman–Crippen LogP) is 1.47. The van der Waals surface area contributed by atoms with Gasteiger partial charge in [-0.15, -0.1) is 0 Å². The first-order valence-corrected chi connectivity index (χ1v) is 8.63. The Kier molecular flexibility index (Phi) is 6.99. The van der Waals surface area contributed by atoms with Gasteiger partial charge in [0.25, 0.3) is 0 Å². The van der Waals surface area contributed by atoms with E-state index in [0.717, 1.165) is 38.4 Å². The number of nitrogens with zero attached hydrogens (tertiary/aromatic N) is 2. The van der Waals surface area contributed by atoms with Crippen molar-refractivity contribution in [1.82, 2.24) is 10.2 Å². The number of anilines is 1. The molecular weight excluding hydrogens is 309 g/mol. The van der Waals surface area contributed by atoms with Gasteiger partial charge in [-0.25, -0.2) is 4.39 Å². The molecule has 1 atom stereocenters. The van der Waals surface area contributed by atoms with Crippen molar-refractivity contribution in [3.63, 3.8) is 0 Å². The molecule has 0 saturated carbocycles. The number of aliphatic hydroxyl groups excluding tert-OH is 1. The van der Waals surface area contributed by atoms with E-state index in [1.54, 1.807) is 0 Å². The minimum Gasteiger partial charge on any atom is -0.392 e. The van der Waals surface area contributed by atoms with Crippen molar-refractivity contribution in [2.24, 2.45) is 5.92 Å². The van der Waals surface area contributed by atoms with Crippen LogP contribution in [0.3, 0.4) is 0 Å². The zero-order valence-corrected chi connectivity index (χ0v) is 14.5. The van der Waals surface area contributed by atoms with E-state index in [2.05, 4.69) is 15.1 Å². The zero-order chi connectivity index (χ0) is 17.5. The number of amides is 1. The van der Waals surface area contributed by atoms with E-state index < -0.39 is 6.10 Å². The lowest BCUT2D eigenvalue weighted by Gasteiger charge is -2.36. The van der Waals surface area contributed by atoms with E-state index in [4.69, 9.17) is 0 Å². The summed E-state index contributed by atoms with van der Waals surface area (Å²) in [6.07, 6.45) is -0.417. The molecule has 0 aliphatic carbocycles. The topological polar surface area (TPSA) is 55.8 Å². The van der Waals surface area contributed by atoms with Crippen molar-refractivity contribution in [3.8, 4) is 0 Å². The van der Waals surface area contributed by atoms with Crippen molar-refractivity contribution in [2.75, 3.05) is 44.2 Å². The highest BCUT2D eigenvalue weighted by Gasteiger charge is 2.18. The summed E-state index contributed by atoms with van der Waals surface area (Å²) in [6, 6.07) is 6.60. The Balaban J connectivity index is 1.64. The quantitative estimate of drug-likeness (QED) is 0.791. The van der Waals surface area contributed by atoms with Gasteiger partial charge in [-0.3, -0.25) is 9.69 Å². The fraction of sp³-hybridized carbons (Fsp3) is 0.611. The molecule has 1 fully saturated rings. The molecule has 2 rings (SSSR count). The lowest BCUT2D eigenvalue weighted by molar-refractivity contribution is -0.123. The second kappa shape index (κ2) is 8.99. The summed E-state index contributed by atoms with van der Waals surface area (Å²) in [7, 11) is 0. The molecule has 6 heteroatoms. The lowest BCUT2D eigenvalue weighted by Crippen LogP contribution is -2.48. The largest absolute Gasteiger partial charge is 0.392 e. The molecule has 0 radical (unpaired) electrons. The molecule has 0 bridgehead atoms. The van der Waals surface area contributed by atoms with Crippen LogP contribution in [0.5, 0.6) is 0 Å². The highest BCUT2D eigenvalue weighted by atomic mass is 19.1. The number of nitrogens with one attached hydrogen (secondary N) is 1. The maximum atomic E-state index is 13.0. The standard InChI is InChI=1S/C18H28FN3O2/c1-14(2)17(23)13-18(24)20-7-8-21-9-11-22(12-10-21)16-5-3-15(19)4-6-16/h3-6,14,17,23H,7-13H2,1-2H3,(H,20,24). The summed E-state index contributed by atoms with van der Waals surface area (Å²) in [4.78, 5) is 16.3. The first-order valence-electron chi connectivity index (χ1n) is 8.63. The van der Waals surface area contributed by atoms with Crippen molar-refractivity contribution < 1.29 is 14.3 Å². The average molecular weight is 337 g/mol. The molecule has 0 aromatic heterocycles. The molecule has 1 heterocycles. The van der Waals surface area contributed by atoms with Crippen LogP contribution in [-0.2, 0) is 4.79 Å². The first-order chi connectivity index (χ1) is 11.5. The van der Waals surface area contributed by atoms with Crippen molar-refractivity contribution in [1.29, 1.82) is 0 Å². The Bertz CT molecular complexity index is 514. The Morgan fingerprint density at radius 2 is 1.83 bits per heavy atom. The minimum atomic E-state index is -0.579. The zero-order valence-electron chi connectivity index (χ0n) is 14.5. The highest BCUT2D eigenvalue weighted by Crippen LogP contribution is 2.16. The fourth-order valence-corrected chi connectivity index (χ4v) is 2.73. The predicted molar refractivity (Wildman–Crippen MR) is 93.5 cm³/mol. The number of rotatable bonds is 7.